The van der Waals surface area contributed by atoms with Crippen molar-refractivity contribution in [2.75, 3.05) is 11.9 Å². The predicted molar refractivity (Wildman–Crippen MR) is 169 cm³/mol. The molecule has 0 spiro atoms. The highest BCUT2D eigenvalue weighted by Gasteiger charge is 2.66. The maximum Gasteiger partial charge on any atom is 0.422 e. The number of nitrogens with one attached hydrogen (secondary N) is 2. The third-order valence-corrected chi connectivity index (χ3v) is 9.42. The van der Waals surface area contributed by atoms with Crippen LogP contribution in [0.25, 0.3) is 0 Å². The van der Waals surface area contributed by atoms with Gasteiger partial charge >= 0.3 is 18.2 Å². The molecule has 14 heteroatoms. The Morgan fingerprint density at radius 3 is 2.27 bits per heavy atom. The van der Waals surface area contributed by atoms with Gasteiger partial charge in [-0.05, 0) is 80.0 Å². The molecule has 2 aromatic carbocycles. The van der Waals surface area contributed by atoms with Gasteiger partial charge in [-0.15, -0.1) is 0 Å². The summed E-state index contributed by atoms with van der Waals surface area (Å²) in [5.41, 5.74) is 0.542. The molecule has 3 fully saturated rings. The second-order valence-corrected chi connectivity index (χ2v) is 13.4. The molecule has 3 saturated carbocycles. The topological polar surface area (TPSA) is 143 Å². The number of anilines is 1. The maximum absolute atomic E-state index is 12.9. The molecule has 48 heavy (non-hydrogen) atoms. The van der Waals surface area contributed by atoms with Crippen LogP contribution in [0.1, 0.15) is 85.1 Å². The molecule has 3 aliphatic carbocycles. The SMILES string of the molecule is O=C(CCCCC(=O)c1ccc(Cc2nc(NC3(c4ccc(Cl)cc4)CC3)nc(OCC(F)(F)F)n2)cc1)N[C@]1(C(=O)O)C[C@H]1C1CC1. The van der Waals surface area contributed by atoms with E-state index in [1.807, 2.05) is 12.1 Å². The highest BCUT2D eigenvalue weighted by atomic mass is 35.5. The lowest BCUT2D eigenvalue weighted by Crippen LogP contribution is -2.45. The molecule has 1 amide bonds. The number of carbonyl (C=O) groups is 3. The molecule has 0 unspecified atom stereocenters. The summed E-state index contributed by atoms with van der Waals surface area (Å²) in [6.45, 7) is -1.55. The Morgan fingerprint density at radius 1 is 0.958 bits per heavy atom. The van der Waals surface area contributed by atoms with Crippen molar-refractivity contribution in [3.05, 3.63) is 76.1 Å². The zero-order chi connectivity index (χ0) is 34.1. The summed E-state index contributed by atoms with van der Waals surface area (Å²) in [6.07, 6.45) is 0.918. The summed E-state index contributed by atoms with van der Waals surface area (Å²) >= 11 is 6.03. The number of amides is 1. The molecule has 3 aliphatic rings. The fourth-order valence-corrected chi connectivity index (χ4v) is 6.28. The van der Waals surface area contributed by atoms with E-state index in [0.29, 0.717) is 35.8 Å². The lowest BCUT2D eigenvalue weighted by Gasteiger charge is -2.19. The van der Waals surface area contributed by atoms with Gasteiger partial charge in [-0.25, -0.2) is 4.79 Å². The summed E-state index contributed by atoms with van der Waals surface area (Å²) in [6, 6.07) is 13.6. The number of hydrogen-bond donors (Lipinski definition) is 3. The Morgan fingerprint density at radius 2 is 1.65 bits per heavy atom. The van der Waals surface area contributed by atoms with Crippen LogP contribution in [0.4, 0.5) is 19.1 Å². The first-order chi connectivity index (χ1) is 22.8. The van der Waals surface area contributed by atoms with Gasteiger partial charge in [0, 0.05) is 29.8 Å². The number of aromatic nitrogens is 3. The number of nitrogens with zero attached hydrogens (tertiary/aromatic N) is 3. The van der Waals surface area contributed by atoms with Crippen LogP contribution in [-0.2, 0) is 21.5 Å². The average Bonchev–Trinajstić information content (AvgIpc) is 3.91. The number of unbranched alkanes of at least 4 members (excludes halogenated alkanes) is 1. The zero-order valence-electron chi connectivity index (χ0n) is 26.0. The van der Waals surface area contributed by atoms with E-state index in [1.54, 1.807) is 36.4 Å². The lowest BCUT2D eigenvalue weighted by molar-refractivity contribution is -0.154. The van der Waals surface area contributed by atoms with Crippen molar-refractivity contribution < 1.29 is 37.4 Å². The van der Waals surface area contributed by atoms with E-state index in [1.165, 1.54) is 0 Å². The molecular weight excluding hydrogens is 651 g/mol. The van der Waals surface area contributed by atoms with Crippen LogP contribution in [0.15, 0.2) is 48.5 Å². The molecule has 1 heterocycles. The Labute approximate surface area is 279 Å². The number of rotatable bonds is 16. The van der Waals surface area contributed by atoms with E-state index in [0.717, 1.165) is 36.8 Å². The molecule has 0 radical (unpaired) electrons. The fraction of sp³-hybridized carbons (Fsp3) is 0.471. The number of alkyl halides is 3. The molecule has 1 aromatic heterocycles. The number of ether oxygens (including phenoxy) is 1. The molecule has 3 N–H and O–H groups in total. The number of carbonyl (C=O) groups excluding carboxylic acids is 2. The number of halogens is 4. The van der Waals surface area contributed by atoms with Crippen LogP contribution in [0.2, 0.25) is 5.02 Å². The van der Waals surface area contributed by atoms with Crippen LogP contribution in [-0.4, -0.2) is 56.0 Å². The van der Waals surface area contributed by atoms with Gasteiger partial charge in [0.2, 0.25) is 11.9 Å². The molecule has 2 atom stereocenters. The normalized spacial score (nSPS) is 20.9. The highest BCUT2D eigenvalue weighted by Crippen LogP contribution is 2.57. The van der Waals surface area contributed by atoms with Gasteiger partial charge < -0.3 is 20.5 Å². The minimum Gasteiger partial charge on any atom is -0.479 e. The molecule has 0 bridgehead atoms. The standard InChI is InChI=1S/C34H35ClF3N5O5/c35-24-13-11-23(12-14-24)32(15-16-32)43-30-39-27(40-31(41-30)48-19-34(36,37)38)17-20-5-7-22(8-6-20)26(44)3-1-2-4-28(45)42-33(29(46)47)18-25(33)21-9-10-21/h5-8,11-14,21,25H,1-4,9-10,15-19H2,(H,42,45)(H,46,47)(H,39,40,41,43)/t25-,33+/m0/s1. The van der Waals surface area contributed by atoms with Crippen LogP contribution in [0, 0.1) is 11.8 Å². The van der Waals surface area contributed by atoms with Crippen LogP contribution >= 0.6 is 11.6 Å². The minimum absolute atomic E-state index is 0.0204. The first kappa shape index (κ1) is 33.6. The molecular formula is C34H35ClF3N5O5. The molecule has 6 rings (SSSR count). The van der Waals surface area contributed by atoms with E-state index in [9.17, 15) is 32.7 Å². The van der Waals surface area contributed by atoms with Gasteiger partial charge in [0.15, 0.2) is 12.4 Å². The average molecular weight is 686 g/mol. The van der Waals surface area contributed by atoms with Crippen LogP contribution in [0.3, 0.4) is 0 Å². The molecule has 3 aromatic rings. The van der Waals surface area contributed by atoms with Gasteiger partial charge in [0.1, 0.15) is 11.4 Å². The Hall–Kier alpha value is -4.26. The van der Waals surface area contributed by atoms with E-state index < -0.39 is 35.8 Å². The maximum atomic E-state index is 12.9. The number of ketones is 1. The first-order valence-corrected chi connectivity index (χ1v) is 16.4. The van der Waals surface area contributed by atoms with Crippen LogP contribution in [0.5, 0.6) is 6.01 Å². The Balaban J connectivity index is 1.03. The second kappa shape index (κ2) is 13.3. The minimum atomic E-state index is -4.57. The number of carboxylic acid groups (broad SMARTS) is 1. The van der Waals surface area contributed by atoms with Crippen molar-refractivity contribution in [3.8, 4) is 6.01 Å². The number of carboxylic acids is 1. The Kier molecular flexibility index (Phi) is 9.34. The smallest absolute Gasteiger partial charge is 0.422 e. The molecule has 0 saturated heterocycles. The van der Waals surface area contributed by atoms with E-state index >= 15 is 0 Å². The van der Waals surface area contributed by atoms with Crippen molar-refractivity contribution in [1.29, 1.82) is 0 Å². The second-order valence-electron chi connectivity index (χ2n) is 13.0. The molecule has 254 valence electrons. The summed E-state index contributed by atoms with van der Waals surface area (Å²) in [7, 11) is 0. The largest absolute Gasteiger partial charge is 0.479 e. The predicted octanol–water partition coefficient (Wildman–Crippen LogP) is 6.27. The van der Waals surface area contributed by atoms with E-state index in [-0.39, 0.29) is 48.6 Å². The number of benzene rings is 2. The Bertz CT molecular complexity index is 1680. The van der Waals surface area contributed by atoms with Gasteiger partial charge in [-0.3, -0.25) is 9.59 Å². The molecule has 10 nitrogen and oxygen atoms in total. The molecule has 0 aliphatic heterocycles. The van der Waals surface area contributed by atoms with Gasteiger partial charge in [0.25, 0.3) is 0 Å². The summed E-state index contributed by atoms with van der Waals surface area (Å²) in [4.78, 5) is 49.6. The highest BCUT2D eigenvalue weighted by molar-refractivity contribution is 6.30. The zero-order valence-corrected chi connectivity index (χ0v) is 26.7. The first-order valence-electron chi connectivity index (χ1n) is 16.0. The van der Waals surface area contributed by atoms with Gasteiger partial charge in [-0.1, -0.05) is 48.0 Å². The van der Waals surface area contributed by atoms with Gasteiger partial charge in [-0.2, -0.15) is 28.1 Å². The van der Waals surface area contributed by atoms with Gasteiger partial charge in [0.05, 0.1) is 5.54 Å². The van der Waals surface area contributed by atoms with Crippen molar-refractivity contribution in [1.82, 2.24) is 20.3 Å². The lowest BCUT2D eigenvalue weighted by atomic mass is 10.0. The number of hydrogen-bond acceptors (Lipinski definition) is 8. The summed E-state index contributed by atoms with van der Waals surface area (Å²) in [5, 5.41) is 16.2. The summed E-state index contributed by atoms with van der Waals surface area (Å²) in [5.74, 6) is -0.699. The van der Waals surface area contributed by atoms with Crippen molar-refractivity contribution in [3.63, 3.8) is 0 Å². The van der Waals surface area contributed by atoms with E-state index in [2.05, 4.69) is 25.6 Å². The van der Waals surface area contributed by atoms with E-state index in [4.69, 9.17) is 16.3 Å². The monoisotopic (exact) mass is 685 g/mol. The number of Topliss-reactive ketones (excluding diaryl/α,β-unsaturated/α-hetero) is 1. The third kappa shape index (κ3) is 8.23. The van der Waals surface area contributed by atoms with Crippen molar-refractivity contribution in [2.24, 2.45) is 11.8 Å². The fourth-order valence-electron chi connectivity index (χ4n) is 6.15. The van der Waals surface area contributed by atoms with Crippen molar-refractivity contribution in [2.45, 2.75) is 81.5 Å². The summed E-state index contributed by atoms with van der Waals surface area (Å²) < 4.78 is 43.6. The van der Waals surface area contributed by atoms with Crippen LogP contribution < -0.4 is 15.4 Å². The number of aliphatic carboxylic acids is 1. The third-order valence-electron chi connectivity index (χ3n) is 9.17. The van der Waals surface area contributed by atoms with Crippen molar-refractivity contribution >= 4 is 35.2 Å². The quantitative estimate of drug-likeness (QED) is 0.117.